The lowest BCUT2D eigenvalue weighted by Crippen LogP contribution is -2.34. The molecule has 1 unspecified atom stereocenters. The van der Waals surface area contributed by atoms with Crippen molar-refractivity contribution >= 4 is 11.9 Å². The van der Waals surface area contributed by atoms with E-state index in [1.54, 1.807) is 6.92 Å². The van der Waals surface area contributed by atoms with Crippen molar-refractivity contribution in [2.24, 2.45) is 5.92 Å². The van der Waals surface area contributed by atoms with Crippen LogP contribution in [0.2, 0.25) is 0 Å². The Morgan fingerprint density at radius 2 is 2.30 bits per heavy atom. The Kier molecular flexibility index (Phi) is 4.92. The Hall–Kier alpha value is -2.11. The molecule has 0 fully saturated rings. The molecule has 108 valence electrons. The minimum Gasteiger partial charge on any atom is -0.354 e. The van der Waals surface area contributed by atoms with Crippen molar-refractivity contribution in [1.29, 1.82) is 0 Å². The molecule has 20 heavy (non-hydrogen) atoms. The van der Waals surface area contributed by atoms with Gasteiger partial charge in [-0.2, -0.15) is 0 Å². The van der Waals surface area contributed by atoms with Gasteiger partial charge in [0.1, 0.15) is 0 Å². The summed E-state index contributed by atoms with van der Waals surface area (Å²) in [6.45, 7) is 2.80. The molecule has 0 radical (unpaired) electrons. The molecule has 3 N–H and O–H groups in total. The number of aryl methyl sites for hydroxylation is 1. The molecule has 2 rings (SSSR count). The van der Waals surface area contributed by atoms with E-state index in [-0.39, 0.29) is 17.4 Å². The predicted molar refractivity (Wildman–Crippen MR) is 77.6 cm³/mol. The second kappa shape index (κ2) is 6.88. The van der Waals surface area contributed by atoms with Gasteiger partial charge in [0.2, 0.25) is 11.9 Å². The second-order valence-corrected chi connectivity index (χ2v) is 4.93. The Morgan fingerprint density at radius 3 is 3.00 bits per heavy atom. The summed E-state index contributed by atoms with van der Waals surface area (Å²) in [6.07, 6.45) is 6.90. The topological polar surface area (TPSA) is 86.9 Å². The van der Waals surface area contributed by atoms with Gasteiger partial charge in [-0.1, -0.05) is 12.2 Å². The number of nitrogens with one attached hydrogen (secondary N) is 3. The van der Waals surface area contributed by atoms with E-state index >= 15 is 0 Å². The Balaban J connectivity index is 1.72. The van der Waals surface area contributed by atoms with E-state index in [0.717, 1.165) is 19.3 Å². The summed E-state index contributed by atoms with van der Waals surface area (Å²) in [5, 5.41) is 5.89. The fourth-order valence-electron chi connectivity index (χ4n) is 2.21. The summed E-state index contributed by atoms with van der Waals surface area (Å²) in [7, 11) is 0. The van der Waals surface area contributed by atoms with Gasteiger partial charge in [-0.25, -0.2) is 4.98 Å². The monoisotopic (exact) mass is 276 g/mol. The van der Waals surface area contributed by atoms with Crippen LogP contribution < -0.4 is 16.2 Å². The standard InChI is InChI=1S/C14H20N4O2/c1-10-9-12(19)18-14(17-10)16-8-7-15-13(20)11-5-3-2-4-6-11/h2-3,9,11H,4-8H2,1H3,(H,15,20)(H2,16,17,18,19). The van der Waals surface area contributed by atoms with Gasteiger partial charge in [-0.15, -0.1) is 0 Å². The minimum absolute atomic E-state index is 0.0944. The van der Waals surface area contributed by atoms with Crippen LogP contribution in [-0.2, 0) is 4.79 Å². The molecule has 1 aromatic rings. The molecule has 0 saturated heterocycles. The van der Waals surface area contributed by atoms with Crippen molar-refractivity contribution < 1.29 is 4.79 Å². The van der Waals surface area contributed by atoms with Crippen molar-refractivity contribution in [1.82, 2.24) is 15.3 Å². The molecule has 0 saturated carbocycles. The number of aromatic amines is 1. The molecular formula is C14H20N4O2. The minimum atomic E-state index is -0.182. The first-order chi connectivity index (χ1) is 9.65. The maximum atomic E-state index is 11.9. The molecule has 0 aliphatic heterocycles. The average Bonchev–Trinajstić information content (AvgIpc) is 2.43. The summed E-state index contributed by atoms with van der Waals surface area (Å²) < 4.78 is 0. The third-order valence-electron chi connectivity index (χ3n) is 3.23. The van der Waals surface area contributed by atoms with Crippen LogP contribution in [0.3, 0.4) is 0 Å². The molecule has 0 spiro atoms. The molecule has 1 atom stereocenters. The van der Waals surface area contributed by atoms with Crippen LogP contribution >= 0.6 is 0 Å². The van der Waals surface area contributed by atoms with Gasteiger partial charge in [0.15, 0.2) is 0 Å². The number of H-pyrrole nitrogens is 1. The predicted octanol–water partition coefficient (Wildman–Crippen LogP) is 0.963. The van der Waals surface area contributed by atoms with E-state index in [2.05, 4.69) is 32.8 Å². The number of carbonyl (C=O) groups excluding carboxylic acids is 1. The molecule has 1 heterocycles. The third kappa shape index (κ3) is 4.22. The lowest BCUT2D eigenvalue weighted by Gasteiger charge is -2.17. The SMILES string of the molecule is Cc1cc(=O)[nH]c(NCCNC(=O)C2CC=CCC2)n1. The average molecular weight is 276 g/mol. The molecular weight excluding hydrogens is 256 g/mol. The summed E-state index contributed by atoms with van der Waals surface area (Å²) in [4.78, 5) is 29.9. The van der Waals surface area contributed by atoms with Gasteiger partial charge in [0.25, 0.3) is 5.56 Å². The zero-order valence-corrected chi connectivity index (χ0v) is 11.6. The summed E-state index contributed by atoms with van der Waals surface area (Å²) in [5.41, 5.74) is 0.479. The Morgan fingerprint density at radius 1 is 1.45 bits per heavy atom. The van der Waals surface area contributed by atoms with Gasteiger partial charge in [0.05, 0.1) is 0 Å². The zero-order chi connectivity index (χ0) is 14.4. The molecule has 1 amide bonds. The van der Waals surface area contributed by atoms with Crippen molar-refractivity contribution in [2.75, 3.05) is 18.4 Å². The van der Waals surface area contributed by atoms with Crippen molar-refractivity contribution in [3.05, 3.63) is 34.3 Å². The molecule has 6 heteroatoms. The third-order valence-corrected chi connectivity index (χ3v) is 3.23. The van der Waals surface area contributed by atoms with E-state index in [1.165, 1.54) is 6.07 Å². The zero-order valence-electron chi connectivity index (χ0n) is 11.6. The number of carbonyl (C=O) groups is 1. The molecule has 1 aromatic heterocycles. The summed E-state index contributed by atoms with van der Waals surface area (Å²) in [6, 6.07) is 1.43. The quantitative estimate of drug-likeness (QED) is 0.552. The largest absolute Gasteiger partial charge is 0.354 e. The fourth-order valence-corrected chi connectivity index (χ4v) is 2.21. The van der Waals surface area contributed by atoms with Gasteiger partial charge >= 0.3 is 0 Å². The first-order valence-electron chi connectivity index (χ1n) is 6.89. The van der Waals surface area contributed by atoms with E-state index in [9.17, 15) is 9.59 Å². The van der Waals surface area contributed by atoms with Gasteiger partial charge in [0, 0.05) is 30.8 Å². The lowest BCUT2D eigenvalue weighted by atomic mass is 9.94. The second-order valence-electron chi connectivity index (χ2n) is 4.93. The van der Waals surface area contributed by atoms with Gasteiger partial charge in [-0.3, -0.25) is 14.6 Å². The maximum Gasteiger partial charge on any atom is 0.252 e. The van der Waals surface area contributed by atoms with E-state index in [0.29, 0.717) is 24.7 Å². The van der Waals surface area contributed by atoms with Crippen LogP contribution in [0.25, 0.3) is 0 Å². The van der Waals surface area contributed by atoms with Crippen LogP contribution in [0, 0.1) is 12.8 Å². The Bertz CT molecular complexity index is 550. The number of allylic oxidation sites excluding steroid dienone is 2. The highest BCUT2D eigenvalue weighted by molar-refractivity contribution is 5.78. The van der Waals surface area contributed by atoms with Crippen LogP contribution in [0.1, 0.15) is 25.0 Å². The number of anilines is 1. The first-order valence-corrected chi connectivity index (χ1v) is 6.89. The highest BCUT2D eigenvalue weighted by Crippen LogP contribution is 2.17. The number of hydrogen-bond acceptors (Lipinski definition) is 4. The number of hydrogen-bond donors (Lipinski definition) is 3. The van der Waals surface area contributed by atoms with Crippen LogP contribution in [0.15, 0.2) is 23.0 Å². The normalized spacial score (nSPS) is 17.8. The van der Waals surface area contributed by atoms with Crippen molar-refractivity contribution in [3.63, 3.8) is 0 Å². The number of nitrogens with zero attached hydrogens (tertiary/aromatic N) is 1. The molecule has 1 aliphatic rings. The molecule has 0 bridgehead atoms. The fraction of sp³-hybridized carbons (Fsp3) is 0.500. The Labute approximate surface area is 117 Å². The van der Waals surface area contributed by atoms with Crippen LogP contribution in [-0.4, -0.2) is 29.0 Å². The maximum absolute atomic E-state index is 11.9. The smallest absolute Gasteiger partial charge is 0.252 e. The highest BCUT2D eigenvalue weighted by Gasteiger charge is 2.17. The first kappa shape index (κ1) is 14.3. The highest BCUT2D eigenvalue weighted by atomic mass is 16.2. The van der Waals surface area contributed by atoms with Crippen molar-refractivity contribution in [2.45, 2.75) is 26.2 Å². The van der Waals surface area contributed by atoms with Crippen LogP contribution in [0.4, 0.5) is 5.95 Å². The van der Waals surface area contributed by atoms with E-state index < -0.39 is 0 Å². The van der Waals surface area contributed by atoms with E-state index in [4.69, 9.17) is 0 Å². The van der Waals surface area contributed by atoms with Gasteiger partial charge < -0.3 is 10.6 Å². The van der Waals surface area contributed by atoms with Crippen LogP contribution in [0.5, 0.6) is 0 Å². The molecule has 1 aliphatic carbocycles. The van der Waals surface area contributed by atoms with Gasteiger partial charge in [-0.05, 0) is 26.2 Å². The number of rotatable bonds is 5. The number of aromatic nitrogens is 2. The summed E-state index contributed by atoms with van der Waals surface area (Å²) in [5.74, 6) is 0.628. The molecule has 0 aromatic carbocycles. The number of amides is 1. The molecule has 6 nitrogen and oxygen atoms in total. The van der Waals surface area contributed by atoms with Crippen molar-refractivity contribution in [3.8, 4) is 0 Å². The van der Waals surface area contributed by atoms with E-state index in [1.807, 2.05) is 0 Å². The summed E-state index contributed by atoms with van der Waals surface area (Å²) >= 11 is 0. The lowest BCUT2D eigenvalue weighted by molar-refractivity contribution is -0.125.